The molecule has 0 atom stereocenters. The molecule has 4 rings (SSSR count). The number of rotatable bonds is 4. The zero-order chi connectivity index (χ0) is 21.4. The fraction of sp³-hybridized carbons (Fsp3) is 0.333. The van der Waals surface area contributed by atoms with Crippen molar-refractivity contribution in [3.8, 4) is 5.75 Å². The van der Waals surface area contributed by atoms with Crippen LogP contribution in [-0.2, 0) is 9.59 Å². The highest BCUT2D eigenvalue weighted by Gasteiger charge is 2.43. The molecule has 2 amide bonds. The number of methoxy groups -OCH3 is 1. The highest BCUT2D eigenvalue weighted by molar-refractivity contribution is 6.45. The predicted octanol–water partition coefficient (Wildman–Crippen LogP) is 4.67. The van der Waals surface area contributed by atoms with E-state index < -0.39 is 0 Å². The Balaban J connectivity index is 1.84. The summed E-state index contributed by atoms with van der Waals surface area (Å²) in [6.45, 7) is 5.66. The number of carbonyl (C=O) groups is 2. The number of benzene rings is 2. The van der Waals surface area contributed by atoms with Crippen molar-refractivity contribution in [3.63, 3.8) is 0 Å². The van der Waals surface area contributed by atoms with Crippen molar-refractivity contribution in [1.82, 2.24) is 4.90 Å². The molecule has 30 heavy (non-hydrogen) atoms. The van der Waals surface area contributed by atoms with Crippen LogP contribution in [0.5, 0.6) is 5.75 Å². The lowest BCUT2D eigenvalue weighted by atomic mass is 9.97. The fourth-order valence-corrected chi connectivity index (χ4v) is 4.24. The molecule has 0 aromatic heterocycles. The topological polar surface area (TPSA) is 49.9 Å². The zero-order valence-corrected chi connectivity index (χ0v) is 18.2. The first kappa shape index (κ1) is 20.5. The Morgan fingerprint density at radius 2 is 1.67 bits per heavy atom. The van der Waals surface area contributed by atoms with Crippen molar-refractivity contribution in [1.29, 1.82) is 0 Å². The van der Waals surface area contributed by atoms with Crippen LogP contribution in [0.4, 0.5) is 5.69 Å². The molecule has 0 spiro atoms. The van der Waals surface area contributed by atoms with Gasteiger partial charge in [-0.05, 0) is 61.1 Å². The largest absolute Gasteiger partial charge is 0.495 e. The number of ether oxygens (including phenoxy) is 1. The van der Waals surface area contributed by atoms with Gasteiger partial charge in [0.05, 0.1) is 18.4 Å². The van der Waals surface area contributed by atoms with Gasteiger partial charge in [-0.3, -0.25) is 9.59 Å². The normalized spacial score (nSPS) is 17.9. The number of hydrogen-bond donors (Lipinski definition) is 0. The number of imide groups is 1. The highest BCUT2D eigenvalue weighted by Crippen LogP contribution is 2.40. The van der Waals surface area contributed by atoms with Crippen molar-refractivity contribution in [3.05, 3.63) is 64.3 Å². The number of nitrogens with zero attached hydrogens (tertiary/aromatic N) is 2. The third-order valence-corrected chi connectivity index (χ3v) is 6.12. The number of carbonyl (C=O) groups excluding carboxylic acids is 2. The van der Waals surface area contributed by atoms with Gasteiger partial charge in [-0.25, -0.2) is 4.90 Å². The number of aryl methyl sites for hydroxylation is 1. The van der Waals surface area contributed by atoms with Crippen molar-refractivity contribution in [2.24, 2.45) is 5.92 Å². The minimum atomic E-state index is -0.333. The molecule has 0 bridgehead atoms. The van der Waals surface area contributed by atoms with Crippen LogP contribution in [0.25, 0.3) is 5.57 Å². The van der Waals surface area contributed by atoms with Gasteiger partial charge in [-0.15, -0.1) is 0 Å². The lowest BCUT2D eigenvalue weighted by molar-refractivity contribution is -0.120. The van der Waals surface area contributed by atoms with Crippen LogP contribution >= 0.6 is 11.6 Å². The first-order valence-electron chi connectivity index (χ1n) is 10.2. The molecule has 0 N–H and O–H groups in total. The van der Waals surface area contributed by atoms with E-state index in [4.69, 9.17) is 16.3 Å². The maximum atomic E-state index is 13.7. The number of halogens is 1. The fourth-order valence-electron chi connectivity index (χ4n) is 4.11. The zero-order valence-electron chi connectivity index (χ0n) is 17.4. The Kier molecular flexibility index (Phi) is 5.56. The molecule has 2 aliphatic heterocycles. The average Bonchev–Trinajstić information content (AvgIpc) is 2.99. The Morgan fingerprint density at radius 3 is 2.30 bits per heavy atom. The van der Waals surface area contributed by atoms with Crippen LogP contribution in [-0.4, -0.2) is 36.9 Å². The van der Waals surface area contributed by atoms with Crippen LogP contribution in [0.15, 0.2) is 48.2 Å². The van der Waals surface area contributed by atoms with Gasteiger partial charge in [-0.1, -0.05) is 36.7 Å². The summed E-state index contributed by atoms with van der Waals surface area (Å²) in [7, 11) is 1.54. The third-order valence-electron chi connectivity index (χ3n) is 5.87. The van der Waals surface area contributed by atoms with Crippen LogP contribution in [0, 0.1) is 12.8 Å². The number of likely N-dealkylation sites (tertiary alicyclic amines) is 1. The van der Waals surface area contributed by atoms with E-state index in [1.165, 1.54) is 4.90 Å². The van der Waals surface area contributed by atoms with Gasteiger partial charge in [0.15, 0.2) is 0 Å². The summed E-state index contributed by atoms with van der Waals surface area (Å²) in [5.41, 5.74) is 3.01. The Hall–Kier alpha value is -2.79. The lowest BCUT2D eigenvalue weighted by Crippen LogP contribution is -2.38. The monoisotopic (exact) mass is 424 g/mol. The van der Waals surface area contributed by atoms with Gasteiger partial charge in [0.1, 0.15) is 11.4 Å². The number of hydrogen-bond acceptors (Lipinski definition) is 4. The van der Waals surface area contributed by atoms with Gasteiger partial charge < -0.3 is 9.64 Å². The van der Waals surface area contributed by atoms with Gasteiger partial charge in [0.2, 0.25) is 0 Å². The second-order valence-electron chi connectivity index (χ2n) is 8.02. The smallest absolute Gasteiger partial charge is 0.282 e. The molecule has 2 aromatic carbocycles. The summed E-state index contributed by atoms with van der Waals surface area (Å²) < 4.78 is 5.47. The second-order valence-corrected chi connectivity index (χ2v) is 8.46. The Morgan fingerprint density at radius 1 is 1.00 bits per heavy atom. The number of piperidine rings is 1. The molecule has 0 radical (unpaired) electrons. The van der Waals surface area contributed by atoms with E-state index in [1.807, 2.05) is 19.1 Å². The molecular weight excluding hydrogens is 400 g/mol. The predicted molar refractivity (Wildman–Crippen MR) is 119 cm³/mol. The second kappa shape index (κ2) is 8.15. The molecule has 0 saturated carbocycles. The van der Waals surface area contributed by atoms with Crippen molar-refractivity contribution in [2.75, 3.05) is 25.1 Å². The van der Waals surface area contributed by atoms with E-state index in [2.05, 4.69) is 11.8 Å². The van der Waals surface area contributed by atoms with E-state index in [0.717, 1.165) is 31.5 Å². The van der Waals surface area contributed by atoms with Crippen LogP contribution in [0.1, 0.15) is 30.9 Å². The van der Waals surface area contributed by atoms with Crippen molar-refractivity contribution in [2.45, 2.75) is 26.7 Å². The van der Waals surface area contributed by atoms with Gasteiger partial charge in [0, 0.05) is 18.1 Å². The number of amides is 2. The van der Waals surface area contributed by atoms with E-state index in [9.17, 15) is 9.59 Å². The summed E-state index contributed by atoms with van der Waals surface area (Å²) in [5, 5.41) is 0.585. The summed E-state index contributed by atoms with van der Waals surface area (Å²) in [5.74, 6) is 0.468. The minimum Gasteiger partial charge on any atom is -0.495 e. The van der Waals surface area contributed by atoms with Crippen molar-refractivity contribution < 1.29 is 14.3 Å². The molecule has 0 unspecified atom stereocenters. The molecule has 2 aliphatic rings. The molecule has 5 nitrogen and oxygen atoms in total. The molecule has 6 heteroatoms. The summed E-state index contributed by atoms with van der Waals surface area (Å²) in [4.78, 5) is 30.6. The van der Waals surface area contributed by atoms with E-state index in [-0.39, 0.29) is 11.8 Å². The van der Waals surface area contributed by atoms with Crippen LogP contribution < -0.4 is 9.64 Å². The van der Waals surface area contributed by atoms with Crippen LogP contribution in [0.3, 0.4) is 0 Å². The summed E-state index contributed by atoms with van der Waals surface area (Å²) >= 11 is 6.06. The van der Waals surface area contributed by atoms with Gasteiger partial charge >= 0.3 is 0 Å². The molecule has 2 heterocycles. The SMILES string of the molecule is COc1ccc(C)cc1N1C(=O)C(c2ccc(Cl)cc2)=C(N2CCC(C)CC2)C1=O. The lowest BCUT2D eigenvalue weighted by Gasteiger charge is -2.32. The molecule has 2 aromatic rings. The molecule has 0 aliphatic carbocycles. The van der Waals surface area contributed by atoms with Gasteiger partial charge in [-0.2, -0.15) is 0 Å². The third kappa shape index (κ3) is 3.58. The standard InChI is InChI=1S/C24H25ClN2O3/c1-15-10-12-26(13-11-15)22-21(17-5-7-18(25)8-6-17)23(28)27(24(22)29)19-14-16(2)4-9-20(19)30-3/h4-9,14-15H,10-13H2,1-3H3. The van der Waals surface area contributed by atoms with E-state index >= 15 is 0 Å². The quantitative estimate of drug-likeness (QED) is 0.669. The van der Waals surface area contributed by atoms with Crippen molar-refractivity contribution >= 4 is 34.7 Å². The van der Waals surface area contributed by atoms with Crippen LogP contribution in [0.2, 0.25) is 5.02 Å². The Labute approximate surface area is 181 Å². The molecule has 156 valence electrons. The summed E-state index contributed by atoms with van der Waals surface area (Å²) in [6, 6.07) is 12.6. The minimum absolute atomic E-state index is 0.302. The molecule has 1 fully saturated rings. The first-order valence-corrected chi connectivity index (χ1v) is 10.6. The summed E-state index contributed by atoms with van der Waals surface area (Å²) in [6.07, 6.45) is 1.99. The average molecular weight is 425 g/mol. The van der Waals surface area contributed by atoms with Gasteiger partial charge in [0.25, 0.3) is 11.8 Å². The number of anilines is 1. The maximum Gasteiger partial charge on any atom is 0.282 e. The van der Waals surface area contributed by atoms with E-state index in [0.29, 0.717) is 39.2 Å². The van der Waals surface area contributed by atoms with E-state index in [1.54, 1.807) is 37.4 Å². The highest BCUT2D eigenvalue weighted by atomic mass is 35.5. The molecule has 1 saturated heterocycles. The maximum absolute atomic E-state index is 13.7. The first-order chi connectivity index (χ1) is 14.4. The molecular formula is C24H25ClN2O3. The Bertz CT molecular complexity index is 1020.